The van der Waals surface area contributed by atoms with E-state index in [9.17, 15) is 5.21 Å². The Morgan fingerprint density at radius 1 is 1.60 bits per heavy atom. The van der Waals surface area contributed by atoms with Crippen LogP contribution in [-0.2, 0) is 4.74 Å². The van der Waals surface area contributed by atoms with Gasteiger partial charge < -0.3 is 14.8 Å². The topological polar surface area (TPSA) is 70.8 Å². The van der Waals surface area contributed by atoms with Gasteiger partial charge in [-0.15, -0.1) is 0 Å². The van der Waals surface area contributed by atoms with Gasteiger partial charge in [-0.2, -0.15) is 0 Å². The van der Waals surface area contributed by atoms with E-state index in [2.05, 4.69) is 9.62 Å². The van der Waals surface area contributed by atoms with Gasteiger partial charge in [0, 0.05) is 24.1 Å². The van der Waals surface area contributed by atoms with E-state index in [1.165, 1.54) is 38.0 Å². The minimum absolute atomic E-state index is 0.0812. The summed E-state index contributed by atoms with van der Waals surface area (Å²) in [5.74, 6) is 0.329. The van der Waals surface area contributed by atoms with Gasteiger partial charge in [0.25, 0.3) is 0 Å². The molecule has 1 fully saturated rings. The molecule has 0 bridgehead atoms. The maximum atomic E-state index is 10.9. The zero-order valence-electron chi connectivity index (χ0n) is 11.1. The van der Waals surface area contributed by atoms with E-state index in [1.807, 2.05) is 0 Å². The summed E-state index contributed by atoms with van der Waals surface area (Å²) in [6.07, 6.45) is 7.37. The summed E-state index contributed by atoms with van der Waals surface area (Å²) < 4.78 is 9.10. The van der Waals surface area contributed by atoms with Gasteiger partial charge in [-0.3, -0.25) is 5.21 Å². The second-order valence-corrected chi connectivity index (χ2v) is 5.93. The first-order valence-corrected chi connectivity index (χ1v) is 7.53. The van der Waals surface area contributed by atoms with Crippen molar-refractivity contribution in [3.63, 3.8) is 0 Å². The lowest BCUT2D eigenvalue weighted by atomic mass is 10.1. The van der Waals surface area contributed by atoms with Crippen LogP contribution in [0.4, 0.5) is 0 Å². The number of allylic oxidation sites excluding steroid dienone is 1. The zero-order valence-corrected chi connectivity index (χ0v) is 12.7. The molecular weight excluding hydrogens is 298 g/mol. The number of nitrogens with zero attached hydrogens (tertiary/aromatic N) is 2. The van der Waals surface area contributed by atoms with Crippen LogP contribution in [0.3, 0.4) is 0 Å². The van der Waals surface area contributed by atoms with E-state index >= 15 is 0 Å². The van der Waals surface area contributed by atoms with Crippen molar-refractivity contribution in [1.29, 1.82) is 0 Å². The van der Waals surface area contributed by atoms with Crippen LogP contribution < -0.4 is 4.72 Å². The summed E-state index contributed by atoms with van der Waals surface area (Å²) in [7, 11) is 1.45. The highest BCUT2D eigenvalue weighted by Gasteiger charge is 2.23. The molecule has 2 aliphatic rings. The van der Waals surface area contributed by atoms with Crippen LogP contribution in [0.15, 0.2) is 24.0 Å². The van der Waals surface area contributed by atoms with E-state index in [0.717, 1.165) is 17.4 Å². The Bertz CT molecular complexity index is 467. The highest BCUT2D eigenvalue weighted by Crippen LogP contribution is 2.17. The molecule has 1 saturated heterocycles. The van der Waals surface area contributed by atoms with Gasteiger partial charge in [-0.05, 0) is 30.9 Å². The van der Waals surface area contributed by atoms with Crippen molar-refractivity contribution < 1.29 is 14.8 Å². The quantitative estimate of drug-likeness (QED) is 0.268. The SMILES string of the molecule is COC1=CC(NSC(=S)N2CCCC2)C=C/C1=[N+](/[O-])O. The molecule has 0 aromatic heterocycles. The summed E-state index contributed by atoms with van der Waals surface area (Å²) in [5, 5.41) is 19.9. The molecule has 0 spiro atoms. The average Bonchev–Trinajstić information content (AvgIpc) is 2.98. The van der Waals surface area contributed by atoms with Gasteiger partial charge in [0.05, 0.1) is 13.2 Å². The van der Waals surface area contributed by atoms with Gasteiger partial charge in [0.1, 0.15) is 0 Å². The molecule has 0 amide bonds. The summed E-state index contributed by atoms with van der Waals surface area (Å²) in [5.41, 5.74) is 0.0812. The lowest BCUT2D eigenvalue weighted by Gasteiger charge is -2.20. The summed E-state index contributed by atoms with van der Waals surface area (Å²) >= 11 is 6.75. The molecule has 6 nitrogen and oxygen atoms in total. The number of hydrogen-bond donors (Lipinski definition) is 2. The lowest BCUT2D eigenvalue weighted by Crippen LogP contribution is -2.31. The van der Waals surface area contributed by atoms with E-state index in [0.29, 0.717) is 5.76 Å². The molecule has 0 radical (unpaired) electrons. The number of hydrogen-bond acceptors (Lipinski definition) is 6. The molecule has 2 N–H and O–H groups in total. The highest BCUT2D eigenvalue weighted by atomic mass is 32.2. The van der Waals surface area contributed by atoms with Crippen LogP contribution in [0.1, 0.15) is 12.8 Å². The van der Waals surface area contributed by atoms with Crippen LogP contribution in [0, 0.1) is 5.21 Å². The Morgan fingerprint density at radius 3 is 2.90 bits per heavy atom. The first kappa shape index (κ1) is 15.1. The fourth-order valence-electron chi connectivity index (χ4n) is 2.07. The number of thiocarbonyl (C=S) groups is 1. The van der Waals surface area contributed by atoms with Gasteiger partial charge in [-0.1, -0.05) is 18.3 Å². The molecule has 0 saturated carbocycles. The molecular formula is C12H17N3O3S2. The standard InChI is InChI=1S/C12H17N3O3S2/c1-18-11-8-9(4-5-10(11)15(16)17)13-20-12(19)14-6-2-3-7-14/h4-5,8-9,13H,2-3,6-7H2,1H3,(H,16,17). The molecule has 0 aromatic carbocycles. The normalized spacial score (nSPS) is 24.6. The van der Waals surface area contributed by atoms with Crippen molar-refractivity contribution >= 4 is 34.2 Å². The minimum atomic E-state index is -0.204. The Morgan fingerprint density at radius 2 is 2.30 bits per heavy atom. The molecule has 1 heterocycles. The Kier molecular flexibility index (Phi) is 5.27. The number of rotatable bonds is 3. The number of ether oxygens (including phenoxy) is 1. The second kappa shape index (κ2) is 6.96. The maximum absolute atomic E-state index is 10.9. The van der Waals surface area contributed by atoms with E-state index in [1.54, 1.807) is 12.2 Å². The predicted octanol–water partition coefficient (Wildman–Crippen LogP) is 1.41. The van der Waals surface area contributed by atoms with E-state index < -0.39 is 0 Å². The largest absolute Gasteiger partial charge is 0.490 e. The van der Waals surface area contributed by atoms with E-state index in [4.69, 9.17) is 22.2 Å². The molecule has 1 aliphatic heterocycles. The molecule has 8 heteroatoms. The van der Waals surface area contributed by atoms with Crippen LogP contribution in [-0.4, -0.2) is 51.3 Å². The molecule has 0 aromatic rings. The Balaban J connectivity index is 1.91. The fourth-order valence-corrected chi connectivity index (χ4v) is 3.09. The van der Waals surface area contributed by atoms with Crippen molar-refractivity contribution in [3.8, 4) is 0 Å². The zero-order chi connectivity index (χ0) is 14.5. The first-order valence-electron chi connectivity index (χ1n) is 6.30. The average molecular weight is 315 g/mol. The van der Waals surface area contributed by atoms with Crippen LogP contribution in [0.25, 0.3) is 0 Å². The number of nitrogens with one attached hydrogen (secondary N) is 1. The highest BCUT2D eigenvalue weighted by molar-refractivity contribution is 8.21. The van der Waals surface area contributed by atoms with Gasteiger partial charge in [0.2, 0.25) is 0 Å². The first-order chi connectivity index (χ1) is 9.61. The third-order valence-electron chi connectivity index (χ3n) is 3.12. The van der Waals surface area contributed by atoms with Gasteiger partial charge >= 0.3 is 5.71 Å². The summed E-state index contributed by atoms with van der Waals surface area (Å²) in [6, 6.07) is -0.112. The fraction of sp³-hybridized carbons (Fsp3) is 0.500. The van der Waals surface area contributed by atoms with Crippen LogP contribution >= 0.6 is 24.2 Å². The van der Waals surface area contributed by atoms with Crippen LogP contribution in [0.2, 0.25) is 0 Å². The monoisotopic (exact) mass is 315 g/mol. The minimum Gasteiger partial charge on any atom is -0.490 e. The molecule has 1 aliphatic carbocycles. The molecule has 1 unspecified atom stereocenters. The van der Waals surface area contributed by atoms with Crippen molar-refractivity contribution in [3.05, 3.63) is 29.2 Å². The maximum Gasteiger partial charge on any atom is 0.308 e. The smallest absolute Gasteiger partial charge is 0.308 e. The second-order valence-electron chi connectivity index (χ2n) is 4.46. The lowest BCUT2D eigenvalue weighted by molar-refractivity contribution is -0.725. The van der Waals surface area contributed by atoms with Crippen molar-refractivity contribution in [2.75, 3.05) is 20.2 Å². The molecule has 2 rings (SSSR count). The molecule has 110 valence electrons. The molecule has 1 atom stereocenters. The summed E-state index contributed by atoms with van der Waals surface area (Å²) in [6.45, 7) is 2.03. The van der Waals surface area contributed by atoms with E-state index in [-0.39, 0.29) is 16.7 Å². The number of likely N-dealkylation sites (tertiary alicyclic amines) is 1. The van der Waals surface area contributed by atoms with Crippen molar-refractivity contribution in [1.82, 2.24) is 9.62 Å². The third-order valence-corrected chi connectivity index (χ3v) is 4.45. The van der Waals surface area contributed by atoms with Gasteiger partial charge in [0.15, 0.2) is 10.1 Å². The summed E-state index contributed by atoms with van der Waals surface area (Å²) in [4.78, 5) is 1.97. The number of methoxy groups -OCH3 is 1. The van der Waals surface area contributed by atoms with Crippen molar-refractivity contribution in [2.24, 2.45) is 0 Å². The Labute approximate surface area is 127 Å². The molecule has 20 heavy (non-hydrogen) atoms. The Hall–Kier alpha value is -1.25. The third kappa shape index (κ3) is 3.65. The predicted molar refractivity (Wildman–Crippen MR) is 82.6 cm³/mol. The van der Waals surface area contributed by atoms with Crippen molar-refractivity contribution in [2.45, 2.75) is 18.9 Å². The van der Waals surface area contributed by atoms with Gasteiger partial charge in [-0.25, -0.2) is 4.72 Å². The van der Waals surface area contributed by atoms with Crippen LogP contribution in [0.5, 0.6) is 0 Å².